The highest BCUT2D eigenvalue weighted by atomic mass is 15.3. The molecule has 0 saturated carbocycles. The number of nitrogens with zero attached hydrogens (tertiary/aromatic N) is 8. The van der Waals surface area contributed by atoms with Gasteiger partial charge in [0.25, 0.3) is 0 Å². The second-order valence-corrected chi connectivity index (χ2v) is 7.63. The molecule has 10 nitrogen and oxygen atoms in total. The summed E-state index contributed by atoms with van der Waals surface area (Å²) in [6.45, 7) is 0. The van der Waals surface area contributed by atoms with Crippen LogP contribution < -0.4 is 0 Å². The molecule has 6 rings (SSSR count). The molecule has 6 heterocycles. The maximum atomic E-state index is 4.63. The van der Waals surface area contributed by atoms with Crippen molar-refractivity contribution >= 4 is 11.9 Å². The average Bonchev–Trinajstić information content (AvgIpc) is 3.59. The van der Waals surface area contributed by atoms with Gasteiger partial charge in [0.1, 0.15) is 11.4 Å². The summed E-state index contributed by atoms with van der Waals surface area (Å²) in [6, 6.07) is 22.6. The van der Waals surface area contributed by atoms with Gasteiger partial charge in [-0.25, -0.2) is 9.97 Å². The van der Waals surface area contributed by atoms with Gasteiger partial charge in [0.2, 0.25) is 11.9 Å². The number of aromatic amines is 2. The van der Waals surface area contributed by atoms with Crippen LogP contribution in [-0.4, -0.2) is 39.9 Å². The number of hydrogen-bond donors (Lipinski definition) is 2. The van der Waals surface area contributed by atoms with Gasteiger partial charge >= 0.3 is 0 Å². The van der Waals surface area contributed by atoms with Crippen molar-refractivity contribution in [3.05, 3.63) is 97.6 Å². The van der Waals surface area contributed by atoms with Gasteiger partial charge < -0.3 is 9.97 Å². The first-order valence-electron chi connectivity index (χ1n) is 11.1. The molecular formula is C26H18N10. The number of imidazole rings is 2. The standard InChI is InChI=1S/C26H18N10/c1-5-13-27-17(9-1)21-22(18-10-2-6-14-28-18)32-25(31-21)35-36-26-33-23(19-11-3-7-15-29-19)24(34-26)20-12-4-8-16-30-20/h1-16H,(H,31,32)(H,33,34)/b36-35+. The number of pyridine rings is 4. The van der Waals surface area contributed by atoms with Crippen molar-refractivity contribution in [2.75, 3.05) is 0 Å². The summed E-state index contributed by atoms with van der Waals surface area (Å²) < 4.78 is 0. The summed E-state index contributed by atoms with van der Waals surface area (Å²) in [4.78, 5) is 33.4. The lowest BCUT2D eigenvalue weighted by atomic mass is 10.2. The Morgan fingerprint density at radius 3 is 1.14 bits per heavy atom. The van der Waals surface area contributed by atoms with Crippen LogP contribution in [-0.2, 0) is 0 Å². The molecule has 36 heavy (non-hydrogen) atoms. The largest absolute Gasteiger partial charge is 0.319 e. The Labute approximate surface area is 205 Å². The molecule has 2 N–H and O–H groups in total. The molecule has 10 heteroatoms. The minimum absolute atomic E-state index is 0.298. The molecule has 0 saturated heterocycles. The van der Waals surface area contributed by atoms with Gasteiger partial charge in [-0.3, -0.25) is 19.9 Å². The molecule has 0 fully saturated rings. The normalized spacial score (nSPS) is 11.2. The van der Waals surface area contributed by atoms with Crippen LogP contribution in [0.4, 0.5) is 11.9 Å². The van der Waals surface area contributed by atoms with Gasteiger partial charge in [-0.2, -0.15) is 0 Å². The number of H-pyrrole nitrogens is 2. The van der Waals surface area contributed by atoms with Crippen LogP contribution in [0.3, 0.4) is 0 Å². The molecule has 0 bridgehead atoms. The van der Waals surface area contributed by atoms with Crippen LogP contribution in [0, 0.1) is 0 Å². The van der Waals surface area contributed by atoms with Crippen LogP contribution in [0.25, 0.3) is 45.6 Å². The Morgan fingerprint density at radius 1 is 0.444 bits per heavy atom. The van der Waals surface area contributed by atoms with Crippen LogP contribution in [0.1, 0.15) is 0 Å². The van der Waals surface area contributed by atoms with E-state index in [-0.39, 0.29) is 0 Å². The topological polar surface area (TPSA) is 134 Å². The Kier molecular flexibility index (Phi) is 5.57. The second kappa shape index (κ2) is 9.47. The van der Waals surface area contributed by atoms with Gasteiger partial charge in [-0.15, -0.1) is 10.2 Å². The highest BCUT2D eigenvalue weighted by Crippen LogP contribution is 2.32. The predicted molar refractivity (Wildman–Crippen MR) is 134 cm³/mol. The number of azo groups is 1. The number of aromatic nitrogens is 8. The number of rotatable bonds is 6. The Bertz CT molecular complexity index is 1370. The molecule has 0 aliphatic heterocycles. The zero-order valence-corrected chi connectivity index (χ0v) is 18.8. The van der Waals surface area contributed by atoms with E-state index in [9.17, 15) is 0 Å². The third kappa shape index (κ3) is 4.26. The molecule has 0 spiro atoms. The zero-order valence-electron chi connectivity index (χ0n) is 18.8. The first kappa shape index (κ1) is 21.2. The maximum Gasteiger partial charge on any atom is 0.248 e. The Morgan fingerprint density at radius 2 is 0.806 bits per heavy atom. The van der Waals surface area contributed by atoms with Crippen molar-refractivity contribution in [1.82, 2.24) is 39.9 Å². The maximum absolute atomic E-state index is 4.63. The van der Waals surface area contributed by atoms with Gasteiger partial charge in [0, 0.05) is 24.8 Å². The van der Waals surface area contributed by atoms with E-state index in [0.29, 0.717) is 46.1 Å². The van der Waals surface area contributed by atoms with Crippen LogP contribution in [0.15, 0.2) is 108 Å². The first-order chi connectivity index (χ1) is 17.8. The van der Waals surface area contributed by atoms with E-state index in [0.717, 1.165) is 11.4 Å². The lowest BCUT2D eigenvalue weighted by Crippen LogP contribution is -1.88. The highest BCUT2D eigenvalue weighted by molar-refractivity contribution is 5.77. The third-order valence-electron chi connectivity index (χ3n) is 5.28. The van der Waals surface area contributed by atoms with E-state index < -0.39 is 0 Å². The van der Waals surface area contributed by atoms with Crippen molar-refractivity contribution in [2.24, 2.45) is 10.2 Å². The molecule has 0 atom stereocenters. The molecule has 172 valence electrons. The fourth-order valence-electron chi connectivity index (χ4n) is 3.68. The number of hydrogen-bond acceptors (Lipinski definition) is 8. The molecule has 6 aromatic rings. The smallest absolute Gasteiger partial charge is 0.248 e. The molecule has 6 aromatic heterocycles. The summed E-state index contributed by atoms with van der Waals surface area (Å²) in [5.41, 5.74) is 5.50. The van der Waals surface area contributed by atoms with Crippen molar-refractivity contribution in [3.63, 3.8) is 0 Å². The molecular weight excluding hydrogens is 452 g/mol. The molecule has 0 aliphatic carbocycles. The minimum atomic E-state index is 0.298. The van der Waals surface area contributed by atoms with Gasteiger partial charge in [0.05, 0.1) is 34.2 Å². The summed E-state index contributed by atoms with van der Waals surface area (Å²) in [7, 11) is 0. The minimum Gasteiger partial charge on any atom is -0.319 e. The van der Waals surface area contributed by atoms with Gasteiger partial charge in [0.15, 0.2) is 0 Å². The fourth-order valence-corrected chi connectivity index (χ4v) is 3.68. The highest BCUT2D eigenvalue weighted by Gasteiger charge is 2.18. The molecule has 0 aromatic carbocycles. The van der Waals surface area contributed by atoms with Crippen LogP contribution >= 0.6 is 0 Å². The predicted octanol–water partition coefficient (Wildman–Crippen LogP) is 5.80. The zero-order chi connectivity index (χ0) is 24.2. The molecule has 0 aliphatic rings. The van der Waals surface area contributed by atoms with E-state index in [1.54, 1.807) is 24.8 Å². The van der Waals surface area contributed by atoms with E-state index in [1.165, 1.54) is 0 Å². The van der Waals surface area contributed by atoms with E-state index in [4.69, 9.17) is 0 Å². The Hall–Kier alpha value is -5.38. The lowest BCUT2D eigenvalue weighted by molar-refractivity contribution is 1.07. The molecule has 0 amide bonds. The average molecular weight is 471 g/mol. The monoisotopic (exact) mass is 470 g/mol. The molecule has 0 unspecified atom stereocenters. The van der Waals surface area contributed by atoms with E-state index in [2.05, 4.69) is 50.1 Å². The summed E-state index contributed by atoms with van der Waals surface area (Å²) in [5.74, 6) is 0.595. The van der Waals surface area contributed by atoms with Crippen molar-refractivity contribution in [3.8, 4) is 45.6 Å². The summed E-state index contributed by atoms with van der Waals surface area (Å²) in [6.07, 6.45) is 6.88. The van der Waals surface area contributed by atoms with E-state index >= 15 is 0 Å². The van der Waals surface area contributed by atoms with Gasteiger partial charge in [-0.05, 0) is 48.5 Å². The SMILES string of the molecule is c1ccc(-c2nc(/N=N/c3nc(-c4ccccn4)c(-c4ccccn4)[nH]3)[nH]c2-c2ccccn2)nc1. The van der Waals surface area contributed by atoms with Gasteiger partial charge in [-0.1, -0.05) is 24.3 Å². The van der Waals surface area contributed by atoms with Crippen molar-refractivity contribution < 1.29 is 0 Å². The second-order valence-electron chi connectivity index (χ2n) is 7.63. The quantitative estimate of drug-likeness (QED) is 0.296. The van der Waals surface area contributed by atoms with E-state index in [1.807, 2.05) is 72.8 Å². The van der Waals surface area contributed by atoms with Crippen molar-refractivity contribution in [2.45, 2.75) is 0 Å². The summed E-state index contributed by atoms with van der Waals surface area (Å²) in [5, 5.41) is 8.64. The fraction of sp³-hybridized carbons (Fsp3) is 0. The number of nitrogens with one attached hydrogen (secondary N) is 2. The third-order valence-corrected chi connectivity index (χ3v) is 5.28. The lowest BCUT2D eigenvalue weighted by Gasteiger charge is -2.00. The molecule has 0 radical (unpaired) electrons. The Balaban J connectivity index is 1.40. The van der Waals surface area contributed by atoms with Crippen LogP contribution in [0.2, 0.25) is 0 Å². The first-order valence-corrected chi connectivity index (χ1v) is 11.1. The van der Waals surface area contributed by atoms with Crippen LogP contribution in [0.5, 0.6) is 0 Å². The summed E-state index contributed by atoms with van der Waals surface area (Å²) >= 11 is 0. The van der Waals surface area contributed by atoms with Crippen molar-refractivity contribution in [1.29, 1.82) is 0 Å².